The Kier molecular flexibility index (Phi) is 4.56. The minimum Gasteiger partial charge on any atom is -0.336 e. The van der Waals surface area contributed by atoms with E-state index in [0.29, 0.717) is 0 Å². The van der Waals surface area contributed by atoms with E-state index in [2.05, 4.69) is 25.8 Å². The van der Waals surface area contributed by atoms with E-state index in [0.717, 1.165) is 0 Å². The van der Waals surface area contributed by atoms with Crippen LogP contribution in [-0.2, 0) is 13.8 Å². The number of nitrogens with zero attached hydrogens (tertiary/aromatic N) is 1. The first-order valence-electron chi connectivity index (χ1n) is 5.02. The Balaban J connectivity index is 2.34. The minimum absolute atomic E-state index is 0.0479. The predicted octanol–water partition coefficient (Wildman–Crippen LogP) is 4.06. The first-order valence-corrected chi connectivity index (χ1v) is 8.43. The molecule has 0 atom stereocenters. The second-order valence-corrected chi connectivity index (χ2v) is 8.35. The molecule has 10 heteroatoms. The summed E-state index contributed by atoms with van der Waals surface area (Å²) in [5.41, 5.74) is -0.0479. The third kappa shape index (κ3) is 3.40. The van der Waals surface area contributed by atoms with Crippen molar-refractivity contribution in [3.05, 3.63) is 40.5 Å². The molecular weight excluding hydrogens is 414 g/mol. The van der Waals surface area contributed by atoms with Crippen molar-refractivity contribution >= 4 is 66.6 Å². The number of alkyl halides is 3. The van der Waals surface area contributed by atoms with Gasteiger partial charge in [0, 0.05) is 0 Å². The number of hydrogen-bond acceptors (Lipinski definition) is 4. The zero-order chi connectivity index (χ0) is 15.0. The lowest BCUT2D eigenvalue weighted by Gasteiger charge is -2.07. The van der Waals surface area contributed by atoms with Crippen molar-refractivity contribution in [1.29, 1.82) is 0 Å². The SMILES string of the molecule is O=S(=O)(Nc1onc(C(Cl)(Cl)Cl)c1Br)c1ccccc1. The van der Waals surface area contributed by atoms with Gasteiger partial charge in [0.2, 0.25) is 3.79 Å². The van der Waals surface area contributed by atoms with Crippen molar-refractivity contribution in [2.75, 3.05) is 4.72 Å². The lowest BCUT2D eigenvalue weighted by molar-refractivity contribution is 0.427. The molecule has 2 rings (SSSR count). The first-order chi connectivity index (χ1) is 9.22. The second-order valence-electron chi connectivity index (χ2n) is 3.59. The van der Waals surface area contributed by atoms with Gasteiger partial charge in [-0.15, -0.1) is 0 Å². The van der Waals surface area contributed by atoms with Gasteiger partial charge in [-0.3, -0.25) is 0 Å². The Bertz CT molecular complexity index is 713. The zero-order valence-corrected chi connectivity index (χ0v) is 14.1. The Morgan fingerprint density at radius 1 is 1.20 bits per heavy atom. The second kappa shape index (κ2) is 5.73. The van der Waals surface area contributed by atoms with Crippen molar-refractivity contribution in [2.24, 2.45) is 0 Å². The summed E-state index contributed by atoms with van der Waals surface area (Å²) in [4.78, 5) is 0.0683. The summed E-state index contributed by atoms with van der Waals surface area (Å²) in [5.74, 6) is -0.171. The van der Waals surface area contributed by atoms with E-state index in [1.54, 1.807) is 18.2 Å². The fourth-order valence-corrected chi connectivity index (χ4v) is 3.72. The standard InChI is InChI=1S/C10H6BrCl3N2O3S/c11-7-8(10(12,13)14)15-19-9(7)16-20(17,18)6-4-2-1-3-5-6/h1-5,16H. The van der Waals surface area contributed by atoms with Crippen molar-refractivity contribution in [2.45, 2.75) is 8.69 Å². The van der Waals surface area contributed by atoms with E-state index in [-0.39, 0.29) is 20.9 Å². The number of rotatable bonds is 3. The van der Waals surface area contributed by atoms with Gasteiger partial charge < -0.3 is 4.52 Å². The van der Waals surface area contributed by atoms with Crippen LogP contribution in [0.1, 0.15) is 5.69 Å². The van der Waals surface area contributed by atoms with E-state index in [4.69, 9.17) is 39.3 Å². The van der Waals surface area contributed by atoms with E-state index < -0.39 is 13.8 Å². The highest BCUT2D eigenvalue weighted by Crippen LogP contribution is 2.43. The van der Waals surface area contributed by atoms with Crippen LogP contribution >= 0.6 is 50.7 Å². The lowest BCUT2D eigenvalue weighted by atomic mass is 10.4. The number of nitrogens with one attached hydrogen (secondary N) is 1. The number of halogens is 4. The molecule has 20 heavy (non-hydrogen) atoms. The quantitative estimate of drug-likeness (QED) is 0.760. The topological polar surface area (TPSA) is 72.2 Å². The van der Waals surface area contributed by atoms with Crippen molar-refractivity contribution in [3.63, 3.8) is 0 Å². The molecule has 0 radical (unpaired) electrons. The highest BCUT2D eigenvalue weighted by molar-refractivity contribution is 9.10. The molecule has 0 bridgehead atoms. The Labute approximate surface area is 138 Å². The molecule has 0 saturated heterocycles. The largest absolute Gasteiger partial charge is 0.336 e. The van der Waals surface area contributed by atoms with Gasteiger partial charge in [0.05, 0.1) is 4.90 Å². The fraction of sp³-hybridized carbons (Fsp3) is 0.100. The number of anilines is 1. The van der Waals surface area contributed by atoms with Crippen molar-refractivity contribution in [3.8, 4) is 0 Å². The minimum atomic E-state index is -3.81. The van der Waals surface area contributed by atoms with E-state index in [1.807, 2.05) is 0 Å². The lowest BCUT2D eigenvalue weighted by Crippen LogP contribution is -2.12. The third-order valence-electron chi connectivity index (χ3n) is 2.18. The summed E-state index contributed by atoms with van der Waals surface area (Å²) >= 11 is 20.1. The average molecular weight is 420 g/mol. The molecule has 2 aromatic rings. The van der Waals surface area contributed by atoms with Crippen LogP contribution in [0.4, 0.5) is 5.88 Å². The monoisotopic (exact) mass is 418 g/mol. The van der Waals surface area contributed by atoms with Crippen LogP contribution in [0.2, 0.25) is 0 Å². The van der Waals surface area contributed by atoms with Crippen LogP contribution in [0, 0.1) is 0 Å². The molecule has 0 aliphatic heterocycles. The highest BCUT2D eigenvalue weighted by atomic mass is 79.9. The molecule has 0 saturated carbocycles. The first kappa shape index (κ1) is 15.9. The molecule has 1 N–H and O–H groups in total. The molecule has 108 valence electrons. The number of aromatic nitrogens is 1. The number of benzene rings is 1. The molecule has 0 aliphatic rings. The molecule has 0 amide bonds. The van der Waals surface area contributed by atoms with Gasteiger partial charge in [-0.2, -0.15) is 0 Å². The summed E-state index contributed by atoms with van der Waals surface area (Å²) in [6.07, 6.45) is 0. The maximum Gasteiger partial charge on any atom is 0.264 e. The van der Waals surface area contributed by atoms with Gasteiger partial charge in [-0.25, -0.2) is 13.1 Å². The molecule has 0 unspecified atom stereocenters. The zero-order valence-electron chi connectivity index (χ0n) is 9.48. The van der Waals surface area contributed by atoms with Gasteiger partial charge in [-0.1, -0.05) is 58.2 Å². The third-order valence-corrected chi connectivity index (χ3v) is 4.80. The van der Waals surface area contributed by atoms with Crippen LogP contribution in [0.15, 0.2) is 44.2 Å². The molecule has 1 heterocycles. The van der Waals surface area contributed by atoms with Crippen LogP contribution in [0.5, 0.6) is 0 Å². The van der Waals surface area contributed by atoms with Crippen LogP contribution in [0.25, 0.3) is 0 Å². The molecule has 0 fully saturated rings. The molecule has 5 nitrogen and oxygen atoms in total. The molecule has 0 spiro atoms. The summed E-state index contributed by atoms with van der Waals surface area (Å²) in [6.45, 7) is 0. The van der Waals surface area contributed by atoms with E-state index in [1.165, 1.54) is 12.1 Å². The normalized spacial score (nSPS) is 12.4. The summed E-state index contributed by atoms with van der Waals surface area (Å²) < 4.78 is 29.5. The van der Waals surface area contributed by atoms with Crippen LogP contribution in [0.3, 0.4) is 0 Å². The van der Waals surface area contributed by atoms with E-state index >= 15 is 0 Å². The molecule has 1 aromatic carbocycles. The number of sulfonamides is 1. The molecular formula is C10H6BrCl3N2O3S. The summed E-state index contributed by atoms with van der Waals surface area (Å²) in [5, 5.41) is 3.52. The van der Waals surface area contributed by atoms with Gasteiger partial charge in [0.1, 0.15) is 4.47 Å². The van der Waals surface area contributed by atoms with Gasteiger partial charge in [-0.05, 0) is 28.1 Å². The van der Waals surface area contributed by atoms with Crippen molar-refractivity contribution in [1.82, 2.24) is 5.16 Å². The number of hydrogen-bond donors (Lipinski definition) is 1. The van der Waals surface area contributed by atoms with E-state index in [9.17, 15) is 8.42 Å². The fourth-order valence-electron chi connectivity index (χ4n) is 1.30. The van der Waals surface area contributed by atoms with Gasteiger partial charge in [0.25, 0.3) is 15.9 Å². The van der Waals surface area contributed by atoms with Crippen molar-refractivity contribution < 1.29 is 12.9 Å². The Morgan fingerprint density at radius 2 is 1.80 bits per heavy atom. The Morgan fingerprint density at radius 3 is 2.30 bits per heavy atom. The maximum absolute atomic E-state index is 12.1. The summed E-state index contributed by atoms with van der Waals surface area (Å²) in [6, 6.07) is 7.75. The molecule has 1 aromatic heterocycles. The Hall–Kier alpha value is -0.470. The predicted molar refractivity (Wildman–Crippen MR) is 80.7 cm³/mol. The average Bonchev–Trinajstić information content (AvgIpc) is 2.71. The maximum atomic E-state index is 12.1. The van der Waals surface area contributed by atoms with Crippen LogP contribution in [-0.4, -0.2) is 13.6 Å². The smallest absolute Gasteiger partial charge is 0.264 e. The van der Waals surface area contributed by atoms with Gasteiger partial charge >= 0.3 is 0 Å². The van der Waals surface area contributed by atoms with Gasteiger partial charge in [0.15, 0.2) is 5.69 Å². The van der Waals surface area contributed by atoms with Crippen LogP contribution < -0.4 is 4.72 Å². The molecule has 0 aliphatic carbocycles. The summed E-state index contributed by atoms with van der Waals surface area (Å²) in [7, 11) is -3.81. The highest BCUT2D eigenvalue weighted by Gasteiger charge is 2.33.